The van der Waals surface area contributed by atoms with E-state index in [1.54, 1.807) is 11.8 Å². The minimum absolute atomic E-state index is 0.0554. The molecule has 1 aliphatic carbocycles. The van der Waals surface area contributed by atoms with E-state index in [-0.39, 0.29) is 5.91 Å². The molecule has 3 nitrogen and oxygen atoms in total. The fourth-order valence-corrected chi connectivity index (χ4v) is 4.17. The van der Waals surface area contributed by atoms with Crippen LogP contribution in [0.3, 0.4) is 0 Å². The van der Waals surface area contributed by atoms with Crippen molar-refractivity contribution in [1.29, 1.82) is 0 Å². The first-order valence-corrected chi connectivity index (χ1v) is 8.92. The van der Waals surface area contributed by atoms with E-state index in [0.29, 0.717) is 17.9 Å². The van der Waals surface area contributed by atoms with Crippen LogP contribution in [0.4, 0.5) is 11.4 Å². The number of carbonyl (C=O) groups is 1. The Hall–Kier alpha value is -2.55. The van der Waals surface area contributed by atoms with Crippen LogP contribution in [-0.4, -0.2) is 13.0 Å². The average molecular weight is 332 g/mol. The second kappa shape index (κ2) is 6.07. The zero-order valence-corrected chi connectivity index (χ0v) is 15.0. The highest BCUT2D eigenvalue weighted by molar-refractivity contribution is 5.91. The minimum Gasteiger partial charge on any atom is -0.378 e. The number of fused-ring (bicyclic) bond motifs is 3. The van der Waals surface area contributed by atoms with E-state index in [0.717, 1.165) is 12.1 Å². The Kier molecular flexibility index (Phi) is 3.87. The monoisotopic (exact) mass is 332 g/mol. The van der Waals surface area contributed by atoms with Gasteiger partial charge < -0.3 is 10.2 Å². The number of nitrogens with zero attached hydrogens (tertiary/aromatic N) is 1. The molecule has 1 aliphatic heterocycles. The maximum absolute atomic E-state index is 11.7. The third kappa shape index (κ3) is 2.74. The molecule has 128 valence electrons. The average Bonchev–Trinajstić information content (AvgIpc) is 3.10. The normalized spacial score (nSPS) is 23.6. The molecular weight excluding hydrogens is 308 g/mol. The van der Waals surface area contributed by atoms with Crippen molar-refractivity contribution in [1.82, 2.24) is 0 Å². The fraction of sp³-hybridized carbons (Fsp3) is 0.318. The van der Waals surface area contributed by atoms with E-state index >= 15 is 0 Å². The fourth-order valence-electron chi connectivity index (χ4n) is 4.17. The molecule has 0 aromatic heterocycles. The lowest BCUT2D eigenvalue weighted by atomic mass is 9.76. The Labute approximate surface area is 149 Å². The molecule has 0 spiro atoms. The number of amides is 1. The van der Waals surface area contributed by atoms with Crippen molar-refractivity contribution in [3.8, 4) is 0 Å². The molecular formula is C22H24N2O. The number of benzene rings is 2. The van der Waals surface area contributed by atoms with Gasteiger partial charge in [-0.25, -0.2) is 0 Å². The van der Waals surface area contributed by atoms with Crippen LogP contribution in [0.15, 0.2) is 54.6 Å². The number of nitrogens with one attached hydrogen (secondary N) is 1. The van der Waals surface area contributed by atoms with Gasteiger partial charge in [0, 0.05) is 31.3 Å². The van der Waals surface area contributed by atoms with E-state index in [1.807, 2.05) is 13.1 Å². The zero-order chi connectivity index (χ0) is 17.6. The summed E-state index contributed by atoms with van der Waals surface area (Å²) < 4.78 is 0. The summed E-state index contributed by atoms with van der Waals surface area (Å²) in [5, 5.41) is 3.76. The van der Waals surface area contributed by atoms with Crippen molar-refractivity contribution in [2.45, 2.75) is 32.2 Å². The van der Waals surface area contributed by atoms with Gasteiger partial charge in [-0.05, 0) is 48.6 Å². The van der Waals surface area contributed by atoms with E-state index < -0.39 is 0 Å². The summed E-state index contributed by atoms with van der Waals surface area (Å²) >= 11 is 0. The molecule has 2 aliphatic rings. The first-order chi connectivity index (χ1) is 12.0. The number of anilines is 2. The molecule has 1 amide bonds. The van der Waals surface area contributed by atoms with Gasteiger partial charge in [0.15, 0.2) is 0 Å². The lowest BCUT2D eigenvalue weighted by Crippen LogP contribution is -2.30. The lowest BCUT2D eigenvalue weighted by Gasteiger charge is -2.38. The molecule has 3 heteroatoms. The number of hydrogen-bond acceptors (Lipinski definition) is 2. The van der Waals surface area contributed by atoms with Crippen molar-refractivity contribution in [3.63, 3.8) is 0 Å². The highest BCUT2D eigenvalue weighted by atomic mass is 16.2. The van der Waals surface area contributed by atoms with Gasteiger partial charge in [-0.2, -0.15) is 0 Å². The standard InChI is InChI=1S/C22H24N2O/c1-14-6-4-7-16(12-14)22-19-9-5-8-18(19)20-13-17(24(3)15(2)25)10-11-21(20)23-22/h4-8,10-13,18-19,22-23H,9H2,1-3H3. The largest absolute Gasteiger partial charge is 0.378 e. The van der Waals surface area contributed by atoms with Crippen LogP contribution in [-0.2, 0) is 4.79 Å². The number of carbonyl (C=O) groups excluding carboxylic acids is 1. The topological polar surface area (TPSA) is 32.3 Å². The third-order valence-corrected chi connectivity index (χ3v) is 5.61. The molecule has 2 aromatic carbocycles. The SMILES string of the molecule is CC(=O)N(C)c1ccc2c(c1)C1C=CCC1C(c1cccc(C)c1)N2. The third-order valence-electron chi connectivity index (χ3n) is 5.61. The molecule has 1 heterocycles. The summed E-state index contributed by atoms with van der Waals surface area (Å²) in [6.07, 6.45) is 5.73. The van der Waals surface area contributed by atoms with Crippen LogP contribution in [0.5, 0.6) is 0 Å². The second-order valence-corrected chi connectivity index (χ2v) is 7.24. The molecule has 0 bridgehead atoms. The van der Waals surface area contributed by atoms with Gasteiger partial charge in [-0.1, -0.05) is 42.0 Å². The Morgan fingerprint density at radius 1 is 1.20 bits per heavy atom. The quantitative estimate of drug-likeness (QED) is 0.801. The summed E-state index contributed by atoms with van der Waals surface area (Å²) in [6.45, 7) is 3.75. The zero-order valence-electron chi connectivity index (χ0n) is 15.0. The Morgan fingerprint density at radius 2 is 2.04 bits per heavy atom. The van der Waals surface area contributed by atoms with Gasteiger partial charge in [0.05, 0.1) is 6.04 Å². The van der Waals surface area contributed by atoms with Crippen molar-refractivity contribution in [2.75, 3.05) is 17.3 Å². The predicted molar refractivity (Wildman–Crippen MR) is 103 cm³/mol. The molecule has 25 heavy (non-hydrogen) atoms. The van der Waals surface area contributed by atoms with Gasteiger partial charge in [-0.3, -0.25) is 4.79 Å². The molecule has 0 fully saturated rings. The smallest absolute Gasteiger partial charge is 0.223 e. The molecule has 0 saturated heterocycles. The van der Waals surface area contributed by atoms with Crippen LogP contribution >= 0.6 is 0 Å². The van der Waals surface area contributed by atoms with Crippen LogP contribution in [0.25, 0.3) is 0 Å². The van der Waals surface area contributed by atoms with Crippen LogP contribution in [0.2, 0.25) is 0 Å². The molecule has 0 radical (unpaired) electrons. The van der Waals surface area contributed by atoms with E-state index in [1.165, 1.54) is 22.4 Å². The Morgan fingerprint density at radius 3 is 2.80 bits per heavy atom. The summed E-state index contributed by atoms with van der Waals surface area (Å²) in [7, 11) is 1.83. The summed E-state index contributed by atoms with van der Waals surface area (Å²) in [6, 6.07) is 15.4. The molecule has 2 aromatic rings. The number of hydrogen-bond donors (Lipinski definition) is 1. The number of rotatable bonds is 2. The predicted octanol–water partition coefficient (Wildman–Crippen LogP) is 4.80. The summed E-state index contributed by atoms with van der Waals surface area (Å²) in [4.78, 5) is 13.4. The number of allylic oxidation sites excluding steroid dienone is 2. The minimum atomic E-state index is 0.0554. The maximum Gasteiger partial charge on any atom is 0.223 e. The van der Waals surface area contributed by atoms with Crippen LogP contribution in [0, 0.1) is 12.8 Å². The van der Waals surface area contributed by atoms with E-state index in [4.69, 9.17) is 0 Å². The van der Waals surface area contributed by atoms with Gasteiger partial charge in [-0.15, -0.1) is 0 Å². The first kappa shape index (κ1) is 15.9. The lowest BCUT2D eigenvalue weighted by molar-refractivity contribution is -0.116. The molecule has 3 unspecified atom stereocenters. The highest BCUT2D eigenvalue weighted by Gasteiger charge is 2.38. The Balaban J connectivity index is 1.75. The van der Waals surface area contributed by atoms with Gasteiger partial charge in [0.1, 0.15) is 0 Å². The number of aryl methyl sites for hydroxylation is 1. The molecule has 1 N–H and O–H groups in total. The van der Waals surface area contributed by atoms with E-state index in [9.17, 15) is 4.79 Å². The molecule has 0 saturated carbocycles. The second-order valence-electron chi connectivity index (χ2n) is 7.24. The van der Waals surface area contributed by atoms with Crippen molar-refractivity contribution in [2.24, 2.45) is 5.92 Å². The Bertz CT molecular complexity index is 855. The van der Waals surface area contributed by atoms with Gasteiger partial charge in [0.25, 0.3) is 0 Å². The maximum atomic E-state index is 11.7. The molecule has 4 rings (SSSR count). The highest BCUT2D eigenvalue weighted by Crippen LogP contribution is 2.50. The van der Waals surface area contributed by atoms with Crippen molar-refractivity contribution in [3.05, 3.63) is 71.3 Å². The molecule has 3 atom stereocenters. The van der Waals surface area contributed by atoms with Gasteiger partial charge in [0.2, 0.25) is 5.91 Å². The van der Waals surface area contributed by atoms with E-state index in [2.05, 4.69) is 60.8 Å². The first-order valence-electron chi connectivity index (χ1n) is 8.92. The van der Waals surface area contributed by atoms with Crippen molar-refractivity contribution >= 4 is 17.3 Å². The van der Waals surface area contributed by atoms with Crippen molar-refractivity contribution < 1.29 is 4.79 Å². The summed E-state index contributed by atoms with van der Waals surface area (Å²) in [5.74, 6) is 0.981. The van der Waals surface area contributed by atoms with Gasteiger partial charge >= 0.3 is 0 Å². The van der Waals surface area contributed by atoms with Crippen LogP contribution < -0.4 is 10.2 Å². The van der Waals surface area contributed by atoms with Crippen LogP contribution in [0.1, 0.15) is 42.0 Å². The summed E-state index contributed by atoms with van der Waals surface area (Å²) in [5.41, 5.74) is 6.09.